The summed E-state index contributed by atoms with van der Waals surface area (Å²) >= 11 is 2.70. The van der Waals surface area contributed by atoms with Gasteiger partial charge in [-0.1, -0.05) is 56.3 Å². The van der Waals surface area contributed by atoms with Gasteiger partial charge >= 0.3 is 11.9 Å². The molecule has 0 bridgehead atoms. The zero-order valence-corrected chi connectivity index (χ0v) is 23.2. The molecule has 8 heteroatoms. The van der Waals surface area contributed by atoms with E-state index in [9.17, 15) is 9.59 Å². The molecule has 0 radical (unpaired) electrons. The minimum Gasteiger partial charge on any atom is -0.459 e. The molecule has 0 fully saturated rings. The fourth-order valence-corrected chi connectivity index (χ4v) is 5.30. The number of carbonyl (C=O) groups excluding carboxylic acids is 2. The molecule has 0 amide bonds. The van der Waals surface area contributed by atoms with Crippen LogP contribution < -0.4 is 0 Å². The monoisotopic (exact) mass is 529 g/mol. The lowest BCUT2D eigenvalue weighted by atomic mass is 9.88. The van der Waals surface area contributed by atoms with E-state index in [0.717, 1.165) is 5.56 Å². The highest BCUT2D eigenvalue weighted by atomic mass is 32.1. The van der Waals surface area contributed by atoms with Crippen molar-refractivity contribution < 1.29 is 23.9 Å². The largest absolute Gasteiger partial charge is 0.459 e. The van der Waals surface area contributed by atoms with Crippen molar-refractivity contribution in [3.05, 3.63) is 80.7 Å². The summed E-state index contributed by atoms with van der Waals surface area (Å²) in [6.45, 7) is 10.3. The van der Waals surface area contributed by atoms with Crippen LogP contribution in [0.4, 0.5) is 0 Å². The normalized spacial score (nSPS) is 12.9. The number of esters is 2. The van der Waals surface area contributed by atoms with Gasteiger partial charge in [0.25, 0.3) is 0 Å². The average molecular weight is 530 g/mol. The van der Waals surface area contributed by atoms with E-state index in [2.05, 4.69) is 13.8 Å². The van der Waals surface area contributed by atoms with Crippen molar-refractivity contribution in [3.8, 4) is 0 Å². The average Bonchev–Trinajstić information content (AvgIpc) is 3.62. The van der Waals surface area contributed by atoms with Gasteiger partial charge in [0.2, 0.25) is 0 Å². The summed E-state index contributed by atoms with van der Waals surface area (Å²) in [5.74, 6) is -0.717. The molecule has 6 nitrogen and oxygen atoms in total. The second kappa shape index (κ2) is 12.6. The Labute approximate surface area is 221 Å². The van der Waals surface area contributed by atoms with Crippen LogP contribution in [0.25, 0.3) is 0 Å². The molecule has 0 spiro atoms. The van der Waals surface area contributed by atoms with Crippen LogP contribution in [0.3, 0.4) is 0 Å². The van der Waals surface area contributed by atoms with E-state index in [0.29, 0.717) is 22.6 Å². The van der Waals surface area contributed by atoms with Gasteiger partial charge in [0.05, 0.1) is 11.1 Å². The molecule has 3 aromatic rings. The molecule has 36 heavy (non-hydrogen) atoms. The molecule has 2 heterocycles. The van der Waals surface area contributed by atoms with Crippen LogP contribution in [0.5, 0.6) is 0 Å². The Balaban J connectivity index is 1.87. The Morgan fingerprint density at radius 3 is 1.83 bits per heavy atom. The first-order valence-corrected chi connectivity index (χ1v) is 13.9. The van der Waals surface area contributed by atoms with E-state index in [1.807, 2.05) is 79.1 Å². The predicted octanol–water partition coefficient (Wildman–Crippen LogP) is 7.16. The third kappa shape index (κ3) is 6.82. The lowest BCUT2D eigenvalue weighted by Gasteiger charge is -2.50. The number of rotatable bonds is 13. The highest BCUT2D eigenvalue weighted by Crippen LogP contribution is 2.36. The first-order valence-electron chi connectivity index (χ1n) is 12.2. The molecule has 1 aromatic carbocycles. The Morgan fingerprint density at radius 1 is 0.833 bits per heavy atom. The van der Waals surface area contributed by atoms with Crippen molar-refractivity contribution >= 4 is 34.6 Å². The van der Waals surface area contributed by atoms with Gasteiger partial charge < -0.3 is 9.47 Å². The van der Waals surface area contributed by atoms with E-state index >= 15 is 0 Å². The summed E-state index contributed by atoms with van der Waals surface area (Å²) in [7, 11) is 0. The van der Waals surface area contributed by atoms with Crippen LogP contribution in [0.15, 0.2) is 65.4 Å². The van der Waals surface area contributed by atoms with Crippen LogP contribution in [0.1, 0.15) is 78.5 Å². The van der Waals surface area contributed by atoms with Crippen molar-refractivity contribution in [2.45, 2.75) is 64.6 Å². The van der Waals surface area contributed by atoms with Crippen molar-refractivity contribution in [1.82, 2.24) is 5.06 Å². The third-order valence-corrected chi connectivity index (χ3v) is 8.00. The zero-order valence-electron chi connectivity index (χ0n) is 21.6. The minimum absolute atomic E-state index is 0.103. The van der Waals surface area contributed by atoms with Crippen LogP contribution in [0.2, 0.25) is 0 Å². The number of benzene rings is 1. The summed E-state index contributed by atoms with van der Waals surface area (Å²) < 4.78 is 11.6. The van der Waals surface area contributed by atoms with E-state index in [4.69, 9.17) is 14.3 Å². The predicted molar refractivity (Wildman–Crippen MR) is 144 cm³/mol. The summed E-state index contributed by atoms with van der Waals surface area (Å²) in [6, 6.07) is 17.1. The maximum atomic E-state index is 12.7. The first kappa shape index (κ1) is 28.1. The zero-order chi connectivity index (χ0) is 26.2. The second-order valence-corrected chi connectivity index (χ2v) is 11.2. The number of hydroxylamine groups is 2. The van der Waals surface area contributed by atoms with Gasteiger partial charge in [0, 0.05) is 0 Å². The molecule has 0 aliphatic rings. The molecule has 3 rings (SSSR count). The van der Waals surface area contributed by atoms with Gasteiger partial charge in [-0.3, -0.25) is 4.84 Å². The van der Waals surface area contributed by atoms with Gasteiger partial charge in [-0.25, -0.2) is 9.59 Å². The molecule has 2 aromatic heterocycles. The van der Waals surface area contributed by atoms with Crippen LogP contribution in [-0.2, 0) is 14.3 Å². The number of hydrogen-bond acceptors (Lipinski definition) is 8. The quantitative estimate of drug-likeness (QED) is 0.173. The fourth-order valence-electron chi connectivity index (χ4n) is 4.07. The summed E-state index contributed by atoms with van der Waals surface area (Å²) in [5, 5.41) is 5.60. The molecule has 0 saturated heterocycles. The second-order valence-electron chi connectivity index (χ2n) is 9.30. The van der Waals surface area contributed by atoms with Gasteiger partial charge in [-0.15, -0.1) is 22.7 Å². The molecule has 0 saturated carbocycles. The van der Waals surface area contributed by atoms with Crippen molar-refractivity contribution in [1.29, 1.82) is 0 Å². The van der Waals surface area contributed by atoms with E-state index in [1.54, 1.807) is 12.1 Å². The number of nitrogens with zero attached hydrogens (tertiary/aromatic N) is 1. The molecule has 1 unspecified atom stereocenters. The van der Waals surface area contributed by atoms with Gasteiger partial charge in [0.15, 0.2) is 0 Å². The van der Waals surface area contributed by atoms with Gasteiger partial charge in [-0.2, -0.15) is 5.06 Å². The molecular formula is C28H35NO5S2. The van der Waals surface area contributed by atoms with Crippen LogP contribution >= 0.6 is 22.7 Å². The Bertz CT molecular complexity index is 1080. The van der Waals surface area contributed by atoms with E-state index < -0.39 is 11.1 Å². The highest BCUT2D eigenvalue weighted by molar-refractivity contribution is 7.12. The fraction of sp³-hybridized carbons (Fsp3) is 0.429. The first-order chi connectivity index (χ1) is 17.2. The Morgan fingerprint density at radius 2 is 1.36 bits per heavy atom. The topological polar surface area (TPSA) is 65.1 Å². The molecule has 0 aliphatic carbocycles. The minimum atomic E-state index is -0.725. The lowest BCUT2D eigenvalue weighted by molar-refractivity contribution is -0.309. The maximum absolute atomic E-state index is 12.7. The van der Waals surface area contributed by atoms with E-state index in [-0.39, 0.29) is 31.3 Å². The van der Waals surface area contributed by atoms with Gasteiger partial charge in [-0.05, 0) is 62.1 Å². The highest BCUT2D eigenvalue weighted by Gasteiger charge is 2.46. The summed E-state index contributed by atoms with van der Waals surface area (Å²) in [6.07, 6.45) is 1.04. The Hall–Kier alpha value is -2.52. The van der Waals surface area contributed by atoms with Crippen molar-refractivity contribution in [2.24, 2.45) is 0 Å². The maximum Gasteiger partial charge on any atom is 0.348 e. The van der Waals surface area contributed by atoms with Crippen molar-refractivity contribution in [3.63, 3.8) is 0 Å². The van der Waals surface area contributed by atoms with E-state index in [1.165, 1.54) is 22.7 Å². The number of carbonyl (C=O) groups is 2. The van der Waals surface area contributed by atoms with Crippen LogP contribution in [0, 0.1) is 0 Å². The Kier molecular flexibility index (Phi) is 9.84. The standard InChI is InChI=1S/C28H35NO5S2/c1-6-28(7-2,20-33-26(31)24-16-12-18-36-24)29(34-21(3)22-13-9-8-10-14-22)27(4,5)19-32-25(30)23-15-11-17-35-23/h8-18,21H,6-7,19-20H2,1-5H3. The van der Waals surface area contributed by atoms with Crippen LogP contribution in [-0.4, -0.2) is 41.3 Å². The molecule has 0 N–H and O–H groups in total. The molecular weight excluding hydrogens is 494 g/mol. The number of hydrogen-bond donors (Lipinski definition) is 0. The smallest absolute Gasteiger partial charge is 0.348 e. The molecule has 194 valence electrons. The SMILES string of the molecule is CCC(CC)(COC(=O)c1cccs1)N(OC(C)c1ccccc1)C(C)(C)COC(=O)c1cccs1. The molecule has 1 atom stereocenters. The third-order valence-electron chi connectivity index (χ3n) is 6.30. The lowest BCUT2D eigenvalue weighted by Crippen LogP contribution is -2.62. The number of ether oxygens (including phenoxy) is 2. The van der Waals surface area contributed by atoms with Gasteiger partial charge in [0.1, 0.15) is 29.1 Å². The summed E-state index contributed by atoms with van der Waals surface area (Å²) in [5.41, 5.74) is -0.350. The number of thiophene rings is 2. The van der Waals surface area contributed by atoms with Crippen molar-refractivity contribution in [2.75, 3.05) is 13.2 Å². The summed E-state index contributed by atoms with van der Waals surface area (Å²) in [4.78, 5) is 33.1. The molecule has 0 aliphatic heterocycles.